The molecule has 0 saturated heterocycles. The zero-order chi connectivity index (χ0) is 30.0. The minimum atomic E-state index is -2.02. The summed E-state index contributed by atoms with van der Waals surface area (Å²) >= 11 is 0. The quantitative estimate of drug-likeness (QED) is 0.0988. The number of benzene rings is 2. The first-order chi connectivity index (χ1) is 19.6. The third kappa shape index (κ3) is 8.98. The van der Waals surface area contributed by atoms with Gasteiger partial charge in [-0.1, -0.05) is 63.7 Å². The molecule has 0 atom stereocenters. The van der Waals surface area contributed by atoms with E-state index in [1.54, 1.807) is 6.92 Å². The van der Waals surface area contributed by atoms with Gasteiger partial charge < -0.3 is 14.6 Å². The highest BCUT2D eigenvalue weighted by Gasteiger charge is 2.32. The Morgan fingerprint density at radius 3 is 2.37 bits per heavy atom. The number of ether oxygens (including phenoxy) is 2. The zero-order valence-corrected chi connectivity index (χ0v) is 26.4. The summed E-state index contributed by atoms with van der Waals surface area (Å²) in [6, 6.07) is 10.7. The van der Waals surface area contributed by atoms with E-state index in [1.165, 1.54) is 0 Å². The monoisotopic (exact) mass is 586 g/mol. The Balaban J connectivity index is 1.70. The Bertz CT molecular complexity index is 1170. The summed E-state index contributed by atoms with van der Waals surface area (Å²) < 4.78 is 42.1. The van der Waals surface area contributed by atoms with Crippen molar-refractivity contribution in [2.75, 3.05) is 13.2 Å². The minimum absolute atomic E-state index is 0.00717. The Kier molecular flexibility index (Phi) is 12.6. The molecule has 41 heavy (non-hydrogen) atoms. The van der Waals surface area contributed by atoms with Crippen LogP contribution in [0, 0.1) is 11.6 Å². The molecule has 0 aliphatic heterocycles. The van der Waals surface area contributed by atoms with Gasteiger partial charge in [-0.3, -0.25) is 0 Å². The van der Waals surface area contributed by atoms with Gasteiger partial charge in [-0.25, -0.2) is 13.6 Å². The van der Waals surface area contributed by atoms with Crippen molar-refractivity contribution >= 4 is 19.2 Å². The van der Waals surface area contributed by atoms with Gasteiger partial charge in [0, 0.05) is 17.7 Å². The van der Waals surface area contributed by atoms with Crippen molar-refractivity contribution in [1.82, 2.24) is 0 Å². The zero-order valence-electron chi connectivity index (χ0n) is 25.4. The third-order valence-electron chi connectivity index (χ3n) is 8.49. The lowest BCUT2D eigenvalue weighted by Gasteiger charge is -2.31. The topological polar surface area (TPSA) is 55.8 Å². The molecule has 3 rings (SSSR count). The summed E-state index contributed by atoms with van der Waals surface area (Å²) in [5, 5.41) is 9.60. The molecule has 0 aromatic heterocycles. The lowest BCUT2D eigenvalue weighted by Crippen LogP contribution is -2.44. The number of hydrogen-bond donors (Lipinski definition) is 1. The number of aliphatic hydroxyl groups is 1. The first kappa shape index (κ1) is 33.0. The Morgan fingerprint density at radius 1 is 1.00 bits per heavy atom. The molecule has 1 fully saturated rings. The molecule has 0 radical (unpaired) electrons. The van der Waals surface area contributed by atoms with Gasteiger partial charge in [0.25, 0.3) is 0 Å². The van der Waals surface area contributed by atoms with Crippen LogP contribution >= 0.6 is 0 Å². The Labute approximate surface area is 246 Å². The van der Waals surface area contributed by atoms with Crippen molar-refractivity contribution in [3.05, 3.63) is 70.8 Å². The lowest BCUT2D eigenvalue weighted by molar-refractivity contribution is -0.140. The maximum Gasteiger partial charge on any atom is 0.333 e. The van der Waals surface area contributed by atoms with Gasteiger partial charge >= 0.3 is 5.97 Å². The molecule has 2 aromatic rings. The largest absolute Gasteiger partial charge is 0.493 e. The van der Waals surface area contributed by atoms with E-state index >= 15 is 8.78 Å². The number of halogens is 2. The van der Waals surface area contributed by atoms with Crippen LogP contribution in [-0.2, 0) is 16.1 Å². The van der Waals surface area contributed by atoms with Crippen LogP contribution in [0.5, 0.6) is 5.75 Å². The molecular formula is C34H48F2O4Si. The number of unbranched alkanes of at least 4 members (excludes halogenated alkanes) is 3. The van der Waals surface area contributed by atoms with Crippen molar-refractivity contribution in [2.24, 2.45) is 0 Å². The molecule has 1 saturated carbocycles. The van der Waals surface area contributed by atoms with Gasteiger partial charge in [-0.2, -0.15) is 0 Å². The van der Waals surface area contributed by atoms with Crippen LogP contribution in [0.2, 0.25) is 19.1 Å². The number of hydrogen-bond acceptors (Lipinski definition) is 4. The SMILES string of the molecule is C=C(C)C(=O)OCc1cc(C2CCC(c3ccc([Si](C)(C)CCCC)c(F)c3F)CC2)ccc1OCCCCCO. The molecule has 0 amide bonds. The first-order valence-electron chi connectivity index (χ1n) is 15.3. The van der Waals surface area contributed by atoms with E-state index in [2.05, 4.69) is 38.7 Å². The van der Waals surface area contributed by atoms with Crippen molar-refractivity contribution in [3.8, 4) is 5.75 Å². The van der Waals surface area contributed by atoms with E-state index in [4.69, 9.17) is 14.6 Å². The number of aliphatic hydroxyl groups excluding tert-OH is 1. The molecule has 0 spiro atoms. The lowest BCUT2D eigenvalue weighted by atomic mass is 9.76. The van der Waals surface area contributed by atoms with Gasteiger partial charge in [-0.05, 0) is 92.2 Å². The average molecular weight is 587 g/mol. The van der Waals surface area contributed by atoms with Crippen molar-refractivity contribution < 1.29 is 28.2 Å². The summed E-state index contributed by atoms with van der Waals surface area (Å²) in [5.74, 6) is -0.741. The molecule has 2 aromatic carbocycles. The van der Waals surface area contributed by atoms with Crippen molar-refractivity contribution in [2.45, 2.75) is 109 Å². The average Bonchev–Trinajstić information content (AvgIpc) is 2.96. The van der Waals surface area contributed by atoms with E-state index < -0.39 is 25.7 Å². The number of rotatable bonds is 15. The highest BCUT2D eigenvalue weighted by atomic mass is 28.3. The van der Waals surface area contributed by atoms with E-state index in [-0.39, 0.29) is 25.0 Å². The Hall–Kier alpha value is -2.51. The predicted octanol–water partition coefficient (Wildman–Crippen LogP) is 8.28. The molecule has 226 valence electrons. The fourth-order valence-electron chi connectivity index (χ4n) is 5.84. The van der Waals surface area contributed by atoms with Crippen LogP contribution in [0.1, 0.15) is 100 Å². The molecule has 0 bridgehead atoms. The summed E-state index contributed by atoms with van der Waals surface area (Å²) in [6.45, 7) is 12.5. The van der Waals surface area contributed by atoms with Crippen LogP contribution in [0.4, 0.5) is 8.78 Å². The molecule has 1 aliphatic carbocycles. The molecular weight excluding hydrogens is 538 g/mol. The Morgan fingerprint density at radius 2 is 1.71 bits per heavy atom. The maximum absolute atomic E-state index is 15.4. The summed E-state index contributed by atoms with van der Waals surface area (Å²) in [6.07, 6.45) is 7.88. The highest BCUT2D eigenvalue weighted by Crippen LogP contribution is 2.42. The number of carbonyl (C=O) groups is 1. The van der Waals surface area contributed by atoms with Crippen molar-refractivity contribution in [1.29, 1.82) is 0 Å². The standard InChI is InChI=1S/C34H48F2O4Si/c1-6-7-21-41(4,5)31-18-16-29(32(35)33(31)36)26-13-11-25(12-14-26)27-15-17-30(39-20-10-8-9-19-37)28(22-27)23-40-34(38)24(2)3/h15-18,22,25-26,37H,2,6-14,19-21,23H2,1,3-5H3. The van der Waals surface area contributed by atoms with Crippen LogP contribution in [0.25, 0.3) is 0 Å². The summed E-state index contributed by atoms with van der Waals surface area (Å²) in [4.78, 5) is 12.0. The fourth-order valence-corrected chi connectivity index (χ4v) is 8.58. The molecule has 0 heterocycles. The third-order valence-corrected chi connectivity index (χ3v) is 11.9. The normalized spacial score (nSPS) is 17.3. The number of esters is 1. The first-order valence-corrected chi connectivity index (χ1v) is 18.5. The van der Waals surface area contributed by atoms with Crippen LogP contribution in [0.3, 0.4) is 0 Å². The van der Waals surface area contributed by atoms with Crippen LogP contribution in [0.15, 0.2) is 42.5 Å². The second-order valence-corrected chi connectivity index (χ2v) is 17.0. The van der Waals surface area contributed by atoms with Gasteiger partial charge in [0.2, 0.25) is 0 Å². The van der Waals surface area contributed by atoms with Crippen molar-refractivity contribution in [3.63, 3.8) is 0 Å². The number of carbonyl (C=O) groups excluding carboxylic acids is 1. The maximum atomic E-state index is 15.4. The van der Waals surface area contributed by atoms with E-state index in [9.17, 15) is 4.79 Å². The fraction of sp³-hybridized carbons (Fsp3) is 0.559. The van der Waals surface area contributed by atoms with E-state index in [0.29, 0.717) is 28.7 Å². The van der Waals surface area contributed by atoms with E-state index in [1.807, 2.05) is 18.2 Å². The van der Waals surface area contributed by atoms with E-state index in [0.717, 1.165) is 75.0 Å². The molecule has 0 unspecified atom stereocenters. The molecule has 1 N–H and O–H groups in total. The summed E-state index contributed by atoms with van der Waals surface area (Å²) in [7, 11) is -2.02. The predicted molar refractivity (Wildman–Crippen MR) is 165 cm³/mol. The molecule has 1 aliphatic rings. The highest BCUT2D eigenvalue weighted by molar-refractivity contribution is 6.89. The second-order valence-electron chi connectivity index (χ2n) is 12.2. The molecule has 4 nitrogen and oxygen atoms in total. The second kappa shape index (κ2) is 15.6. The van der Waals surface area contributed by atoms with Crippen LogP contribution in [-0.4, -0.2) is 32.4 Å². The van der Waals surface area contributed by atoms with Gasteiger partial charge in [-0.15, -0.1) is 0 Å². The van der Waals surface area contributed by atoms with Gasteiger partial charge in [0.15, 0.2) is 11.6 Å². The minimum Gasteiger partial charge on any atom is -0.493 e. The van der Waals surface area contributed by atoms with Gasteiger partial charge in [0.05, 0.1) is 14.7 Å². The summed E-state index contributed by atoms with van der Waals surface area (Å²) in [5.41, 5.74) is 2.81. The molecule has 7 heteroatoms. The van der Waals surface area contributed by atoms with Gasteiger partial charge in [0.1, 0.15) is 12.4 Å². The smallest absolute Gasteiger partial charge is 0.333 e. The van der Waals surface area contributed by atoms with Crippen LogP contribution < -0.4 is 9.92 Å².